The highest BCUT2D eigenvalue weighted by atomic mass is 16.3. The molecule has 3 heteroatoms. The maximum Gasteiger partial charge on any atom is 0.244 e. The minimum atomic E-state index is -0.663. The highest BCUT2D eigenvalue weighted by Gasteiger charge is 2.29. The zero-order valence-corrected chi connectivity index (χ0v) is 9.68. The minimum absolute atomic E-state index is 0.103. The van der Waals surface area contributed by atoms with Crippen molar-refractivity contribution in [3.63, 3.8) is 0 Å². The summed E-state index contributed by atoms with van der Waals surface area (Å²) in [6.07, 6.45) is 6.50. The molecule has 0 radical (unpaired) electrons. The van der Waals surface area contributed by atoms with Gasteiger partial charge in [0.15, 0.2) is 0 Å². The van der Waals surface area contributed by atoms with Gasteiger partial charge in [0.25, 0.3) is 0 Å². The first-order chi connectivity index (χ1) is 7.02. The van der Waals surface area contributed by atoms with Crippen molar-refractivity contribution in [2.75, 3.05) is 6.54 Å². The Morgan fingerprint density at radius 1 is 1.33 bits per heavy atom. The summed E-state index contributed by atoms with van der Waals surface area (Å²) in [7, 11) is 0. The van der Waals surface area contributed by atoms with Crippen molar-refractivity contribution in [1.29, 1.82) is 0 Å². The van der Waals surface area contributed by atoms with Gasteiger partial charge in [-0.15, -0.1) is 0 Å². The molecule has 0 aromatic heterocycles. The zero-order valence-electron chi connectivity index (χ0n) is 9.68. The van der Waals surface area contributed by atoms with Crippen LogP contribution in [-0.4, -0.2) is 23.2 Å². The maximum absolute atomic E-state index is 11.3. The molecule has 0 saturated heterocycles. The van der Waals surface area contributed by atoms with E-state index >= 15 is 0 Å². The molecule has 0 heterocycles. The summed E-state index contributed by atoms with van der Waals surface area (Å²) in [5.74, 6) is -0.103. The average Bonchev–Trinajstić information content (AvgIpc) is 2.15. The summed E-state index contributed by atoms with van der Waals surface area (Å²) in [5.41, 5.74) is 0.312. The van der Waals surface area contributed by atoms with E-state index in [1.165, 1.54) is 6.42 Å². The molecule has 1 aliphatic carbocycles. The Kier molecular flexibility index (Phi) is 4.33. The Morgan fingerprint density at radius 3 is 2.47 bits per heavy atom. The molecule has 0 bridgehead atoms. The van der Waals surface area contributed by atoms with Crippen LogP contribution in [0.25, 0.3) is 0 Å². The van der Waals surface area contributed by atoms with Gasteiger partial charge in [-0.25, -0.2) is 0 Å². The maximum atomic E-state index is 11.3. The smallest absolute Gasteiger partial charge is 0.244 e. The van der Waals surface area contributed by atoms with Crippen molar-refractivity contribution in [1.82, 2.24) is 5.32 Å². The lowest BCUT2D eigenvalue weighted by atomic mass is 9.85. The van der Waals surface area contributed by atoms with Gasteiger partial charge in [-0.05, 0) is 26.7 Å². The predicted octanol–water partition coefficient (Wildman–Crippen LogP) is 1.76. The molecule has 86 valence electrons. The number of allylic oxidation sites excluding steroid dienone is 1. The third-order valence-electron chi connectivity index (χ3n) is 2.80. The lowest BCUT2D eigenvalue weighted by Crippen LogP contribution is -2.43. The Hall–Kier alpha value is -0.830. The molecule has 15 heavy (non-hydrogen) atoms. The van der Waals surface area contributed by atoms with Crippen LogP contribution < -0.4 is 5.32 Å². The van der Waals surface area contributed by atoms with Crippen LogP contribution in [0.1, 0.15) is 46.0 Å². The summed E-state index contributed by atoms with van der Waals surface area (Å²) in [6, 6.07) is 0. The second-order valence-corrected chi connectivity index (χ2v) is 4.72. The molecule has 0 aromatic carbocycles. The van der Waals surface area contributed by atoms with Crippen LogP contribution >= 0.6 is 0 Å². The van der Waals surface area contributed by atoms with Gasteiger partial charge in [0, 0.05) is 12.6 Å². The first kappa shape index (κ1) is 12.2. The van der Waals surface area contributed by atoms with Crippen LogP contribution in [0.15, 0.2) is 11.6 Å². The summed E-state index contributed by atoms with van der Waals surface area (Å²) in [5, 5.41) is 12.9. The fourth-order valence-electron chi connectivity index (χ4n) is 1.95. The van der Waals surface area contributed by atoms with Crippen LogP contribution in [0.4, 0.5) is 0 Å². The molecule has 1 saturated carbocycles. The standard InChI is InChI=1S/C12H21NO2/c1-10(2)8-11(14)13-9-12(15)6-4-3-5-7-12/h8,15H,3-7,9H2,1-2H3,(H,13,14). The van der Waals surface area contributed by atoms with Crippen LogP contribution in [0.2, 0.25) is 0 Å². The number of amides is 1. The van der Waals surface area contributed by atoms with E-state index in [1.54, 1.807) is 6.08 Å². The van der Waals surface area contributed by atoms with E-state index in [9.17, 15) is 9.90 Å². The van der Waals surface area contributed by atoms with E-state index in [0.717, 1.165) is 31.3 Å². The van der Waals surface area contributed by atoms with Gasteiger partial charge < -0.3 is 10.4 Å². The Labute approximate surface area is 91.6 Å². The highest BCUT2D eigenvalue weighted by Crippen LogP contribution is 2.27. The molecule has 0 atom stereocenters. The van der Waals surface area contributed by atoms with Gasteiger partial charge in [0.1, 0.15) is 0 Å². The van der Waals surface area contributed by atoms with E-state index in [1.807, 2.05) is 13.8 Å². The minimum Gasteiger partial charge on any atom is -0.388 e. The normalized spacial score (nSPS) is 19.4. The molecule has 0 spiro atoms. The summed E-state index contributed by atoms with van der Waals surface area (Å²) < 4.78 is 0. The summed E-state index contributed by atoms with van der Waals surface area (Å²) >= 11 is 0. The number of hydrogen-bond acceptors (Lipinski definition) is 2. The van der Waals surface area contributed by atoms with Crippen molar-refractivity contribution < 1.29 is 9.90 Å². The lowest BCUT2D eigenvalue weighted by Gasteiger charge is -2.31. The number of hydrogen-bond donors (Lipinski definition) is 2. The Balaban J connectivity index is 2.35. The van der Waals surface area contributed by atoms with Gasteiger partial charge in [0.2, 0.25) is 5.91 Å². The van der Waals surface area contributed by atoms with Crippen molar-refractivity contribution in [3.05, 3.63) is 11.6 Å². The number of carbonyl (C=O) groups excluding carboxylic acids is 1. The molecule has 0 aromatic rings. The molecule has 3 nitrogen and oxygen atoms in total. The summed E-state index contributed by atoms with van der Waals surface area (Å²) in [4.78, 5) is 11.3. The molecule has 0 unspecified atom stereocenters. The number of nitrogens with one attached hydrogen (secondary N) is 1. The van der Waals surface area contributed by atoms with E-state index < -0.39 is 5.60 Å². The molecule has 2 N–H and O–H groups in total. The average molecular weight is 211 g/mol. The predicted molar refractivity (Wildman–Crippen MR) is 60.5 cm³/mol. The first-order valence-electron chi connectivity index (χ1n) is 5.67. The van der Waals surface area contributed by atoms with E-state index in [0.29, 0.717) is 6.54 Å². The SMILES string of the molecule is CC(C)=CC(=O)NCC1(O)CCCCC1. The number of carbonyl (C=O) groups is 1. The first-order valence-corrected chi connectivity index (χ1v) is 5.67. The third-order valence-corrected chi connectivity index (χ3v) is 2.80. The summed E-state index contributed by atoms with van der Waals surface area (Å²) in [6.45, 7) is 4.15. The lowest BCUT2D eigenvalue weighted by molar-refractivity contribution is -0.118. The molecule has 1 fully saturated rings. The van der Waals surface area contributed by atoms with Gasteiger partial charge in [0.05, 0.1) is 5.60 Å². The number of aliphatic hydroxyl groups is 1. The topological polar surface area (TPSA) is 49.3 Å². The molecular formula is C12H21NO2. The van der Waals surface area contributed by atoms with Gasteiger partial charge in [-0.3, -0.25) is 4.79 Å². The largest absolute Gasteiger partial charge is 0.388 e. The van der Waals surface area contributed by atoms with Gasteiger partial charge in [-0.1, -0.05) is 24.8 Å². The molecule has 0 aliphatic heterocycles. The molecule has 1 rings (SSSR count). The van der Waals surface area contributed by atoms with E-state index in [4.69, 9.17) is 0 Å². The van der Waals surface area contributed by atoms with Crippen molar-refractivity contribution in [3.8, 4) is 0 Å². The fourth-order valence-corrected chi connectivity index (χ4v) is 1.95. The quantitative estimate of drug-likeness (QED) is 0.699. The third kappa shape index (κ3) is 4.47. The second kappa shape index (κ2) is 5.31. The molecular weight excluding hydrogens is 190 g/mol. The zero-order chi connectivity index (χ0) is 11.3. The van der Waals surface area contributed by atoms with Crippen molar-refractivity contribution in [2.24, 2.45) is 0 Å². The van der Waals surface area contributed by atoms with Crippen LogP contribution in [0.5, 0.6) is 0 Å². The Bertz CT molecular complexity index is 248. The monoisotopic (exact) mass is 211 g/mol. The van der Waals surface area contributed by atoms with Crippen LogP contribution in [0, 0.1) is 0 Å². The molecule has 1 aliphatic rings. The van der Waals surface area contributed by atoms with Crippen LogP contribution in [0.3, 0.4) is 0 Å². The van der Waals surface area contributed by atoms with Crippen molar-refractivity contribution in [2.45, 2.75) is 51.6 Å². The second-order valence-electron chi connectivity index (χ2n) is 4.72. The van der Waals surface area contributed by atoms with Gasteiger partial charge in [-0.2, -0.15) is 0 Å². The van der Waals surface area contributed by atoms with E-state index in [-0.39, 0.29) is 5.91 Å². The molecule has 1 amide bonds. The van der Waals surface area contributed by atoms with Crippen LogP contribution in [-0.2, 0) is 4.79 Å². The van der Waals surface area contributed by atoms with E-state index in [2.05, 4.69) is 5.32 Å². The van der Waals surface area contributed by atoms with Gasteiger partial charge >= 0.3 is 0 Å². The fraction of sp³-hybridized carbons (Fsp3) is 0.750. The number of rotatable bonds is 3. The highest BCUT2D eigenvalue weighted by molar-refractivity contribution is 5.88. The Morgan fingerprint density at radius 2 is 1.93 bits per heavy atom. The van der Waals surface area contributed by atoms with Crippen molar-refractivity contribution >= 4 is 5.91 Å².